The van der Waals surface area contributed by atoms with Crippen LogP contribution in [-0.4, -0.2) is 23.3 Å². The van der Waals surface area contributed by atoms with Gasteiger partial charge in [0.05, 0.1) is 23.3 Å². The Bertz CT molecular complexity index is 955. The number of methoxy groups -OCH3 is 1. The van der Waals surface area contributed by atoms with E-state index in [0.717, 1.165) is 23.9 Å². The largest absolute Gasteiger partial charge is 0.504 e. The summed E-state index contributed by atoms with van der Waals surface area (Å²) in [4.78, 5) is 16.4. The Balaban J connectivity index is 1.83. The summed E-state index contributed by atoms with van der Waals surface area (Å²) < 4.78 is 43.3. The molecule has 2 N–H and O–H groups in total. The fourth-order valence-electron chi connectivity index (χ4n) is 2.30. The molecule has 2 aromatic rings. The number of ether oxygens (including phenoxy) is 1. The normalized spacial score (nSPS) is 17.4. The second kappa shape index (κ2) is 7.36. The van der Waals surface area contributed by atoms with Gasteiger partial charge in [0.1, 0.15) is 0 Å². The number of amides is 1. The summed E-state index contributed by atoms with van der Waals surface area (Å²) in [6.45, 7) is 0. The van der Waals surface area contributed by atoms with Gasteiger partial charge in [0.15, 0.2) is 16.7 Å². The van der Waals surface area contributed by atoms with Crippen LogP contribution in [0.5, 0.6) is 11.5 Å². The van der Waals surface area contributed by atoms with Crippen LogP contribution in [0.4, 0.5) is 18.9 Å². The molecule has 2 aromatic carbocycles. The maximum absolute atomic E-state index is 12.8. The number of benzene rings is 2. The second-order valence-electron chi connectivity index (χ2n) is 5.46. The molecule has 1 fully saturated rings. The third-order valence-corrected chi connectivity index (χ3v) is 4.47. The standard InChI is InChI=1S/C18H13F3N2O3S/c1-26-14-6-5-10(7-13(14)24)8-15-16(25)23-17(27-15)22-12-4-2-3-11(9-12)18(19,20)21/h2-9,24H,1H3,(H,22,23,25). The summed E-state index contributed by atoms with van der Waals surface area (Å²) in [7, 11) is 1.42. The lowest BCUT2D eigenvalue weighted by Gasteiger charge is -2.06. The Hall–Kier alpha value is -2.94. The van der Waals surface area contributed by atoms with Gasteiger partial charge in [-0.25, -0.2) is 4.99 Å². The van der Waals surface area contributed by atoms with Gasteiger partial charge in [-0.15, -0.1) is 0 Å². The van der Waals surface area contributed by atoms with Gasteiger partial charge in [0.25, 0.3) is 5.91 Å². The second-order valence-corrected chi connectivity index (χ2v) is 6.49. The molecule has 1 saturated heterocycles. The van der Waals surface area contributed by atoms with E-state index >= 15 is 0 Å². The molecule has 9 heteroatoms. The van der Waals surface area contributed by atoms with Gasteiger partial charge in [0, 0.05) is 0 Å². The van der Waals surface area contributed by atoms with E-state index in [9.17, 15) is 23.1 Å². The number of nitrogens with zero attached hydrogens (tertiary/aromatic N) is 1. The molecule has 1 aliphatic rings. The molecule has 0 aromatic heterocycles. The van der Waals surface area contributed by atoms with Crippen LogP contribution in [0, 0.1) is 0 Å². The molecule has 5 nitrogen and oxygen atoms in total. The molecule has 0 saturated carbocycles. The van der Waals surface area contributed by atoms with Crippen molar-refractivity contribution < 1.29 is 27.8 Å². The van der Waals surface area contributed by atoms with Gasteiger partial charge in [-0.1, -0.05) is 12.1 Å². The van der Waals surface area contributed by atoms with Crippen molar-refractivity contribution in [3.8, 4) is 11.5 Å². The smallest absolute Gasteiger partial charge is 0.416 e. The number of amidine groups is 1. The number of hydrogen-bond donors (Lipinski definition) is 2. The first kappa shape index (κ1) is 18.8. The lowest BCUT2D eigenvalue weighted by atomic mass is 10.2. The predicted octanol–water partition coefficient (Wildman–Crippen LogP) is 4.31. The summed E-state index contributed by atoms with van der Waals surface area (Å²) >= 11 is 0.994. The Labute approximate surface area is 156 Å². The number of phenols is 1. The van der Waals surface area contributed by atoms with Crippen LogP contribution in [0.25, 0.3) is 6.08 Å². The van der Waals surface area contributed by atoms with Gasteiger partial charge >= 0.3 is 6.18 Å². The molecule has 0 bridgehead atoms. The maximum atomic E-state index is 12.8. The zero-order valence-electron chi connectivity index (χ0n) is 13.9. The van der Waals surface area contributed by atoms with Crippen molar-refractivity contribution in [2.24, 2.45) is 4.99 Å². The van der Waals surface area contributed by atoms with Crippen molar-refractivity contribution >= 4 is 34.6 Å². The fourth-order valence-corrected chi connectivity index (χ4v) is 3.14. The van der Waals surface area contributed by atoms with Crippen LogP contribution >= 0.6 is 11.8 Å². The van der Waals surface area contributed by atoms with E-state index in [1.165, 1.54) is 31.4 Å². The number of aliphatic imine (C=N–C) groups is 1. The van der Waals surface area contributed by atoms with E-state index in [0.29, 0.717) is 16.2 Å². The summed E-state index contributed by atoms with van der Waals surface area (Å²) in [5.41, 5.74) is -0.176. The molecule has 0 spiro atoms. The monoisotopic (exact) mass is 394 g/mol. The van der Waals surface area contributed by atoms with Crippen molar-refractivity contribution in [1.29, 1.82) is 0 Å². The van der Waals surface area contributed by atoms with Crippen LogP contribution in [0.2, 0.25) is 0 Å². The van der Waals surface area contributed by atoms with Crippen LogP contribution in [0.3, 0.4) is 0 Å². The number of halogens is 3. The highest BCUT2D eigenvalue weighted by molar-refractivity contribution is 8.18. The molecule has 1 amide bonds. The van der Waals surface area contributed by atoms with Crippen LogP contribution in [0.1, 0.15) is 11.1 Å². The van der Waals surface area contributed by atoms with E-state index in [1.807, 2.05) is 0 Å². The molecule has 0 unspecified atom stereocenters. The molecule has 0 radical (unpaired) electrons. The maximum Gasteiger partial charge on any atom is 0.416 e. The molecule has 140 valence electrons. The first-order chi connectivity index (χ1) is 12.8. The molecule has 1 aliphatic heterocycles. The molecule has 27 heavy (non-hydrogen) atoms. The minimum absolute atomic E-state index is 0.0758. The first-order valence-electron chi connectivity index (χ1n) is 7.60. The Kier molecular flexibility index (Phi) is 5.13. The van der Waals surface area contributed by atoms with E-state index in [2.05, 4.69) is 10.3 Å². The lowest BCUT2D eigenvalue weighted by molar-refractivity contribution is -0.137. The predicted molar refractivity (Wildman–Crippen MR) is 96.9 cm³/mol. The minimum Gasteiger partial charge on any atom is -0.504 e. The van der Waals surface area contributed by atoms with Crippen LogP contribution < -0.4 is 10.1 Å². The first-order valence-corrected chi connectivity index (χ1v) is 8.42. The van der Waals surface area contributed by atoms with Crippen molar-refractivity contribution in [2.75, 3.05) is 7.11 Å². The Morgan fingerprint density at radius 1 is 1.22 bits per heavy atom. The van der Waals surface area contributed by atoms with Gasteiger partial charge < -0.3 is 15.2 Å². The quantitative estimate of drug-likeness (QED) is 0.761. The summed E-state index contributed by atoms with van der Waals surface area (Å²) in [6.07, 6.45) is -2.93. The van der Waals surface area contributed by atoms with E-state index in [-0.39, 0.29) is 16.6 Å². The number of hydrogen-bond acceptors (Lipinski definition) is 5. The zero-order chi connectivity index (χ0) is 19.6. The average Bonchev–Trinajstić information content (AvgIpc) is 2.93. The van der Waals surface area contributed by atoms with Crippen molar-refractivity contribution in [3.63, 3.8) is 0 Å². The highest BCUT2D eigenvalue weighted by atomic mass is 32.2. The average molecular weight is 394 g/mol. The number of alkyl halides is 3. The number of carbonyl (C=O) groups is 1. The number of thioether (sulfide) groups is 1. The third kappa shape index (κ3) is 4.43. The van der Waals surface area contributed by atoms with Crippen LogP contribution in [-0.2, 0) is 11.0 Å². The topological polar surface area (TPSA) is 70.9 Å². The van der Waals surface area contributed by atoms with Crippen molar-refractivity contribution in [1.82, 2.24) is 5.32 Å². The SMILES string of the molecule is COc1ccc(C=C2SC(=Nc3cccc(C(F)(F)F)c3)NC2=O)cc1O. The molecule has 0 atom stereocenters. The van der Waals surface area contributed by atoms with Gasteiger partial charge in [-0.3, -0.25) is 4.79 Å². The summed E-state index contributed by atoms with van der Waals surface area (Å²) in [5, 5.41) is 12.5. The minimum atomic E-state index is -4.47. The number of carbonyl (C=O) groups excluding carboxylic acids is 1. The molecule has 3 rings (SSSR count). The van der Waals surface area contributed by atoms with E-state index < -0.39 is 17.6 Å². The van der Waals surface area contributed by atoms with Gasteiger partial charge in [-0.2, -0.15) is 13.2 Å². The molecular formula is C18H13F3N2O3S. The number of nitrogens with one attached hydrogen (secondary N) is 1. The summed E-state index contributed by atoms with van der Waals surface area (Å²) in [6, 6.07) is 9.16. The lowest BCUT2D eigenvalue weighted by Crippen LogP contribution is -2.19. The van der Waals surface area contributed by atoms with Crippen molar-refractivity contribution in [3.05, 3.63) is 58.5 Å². The van der Waals surface area contributed by atoms with E-state index in [1.54, 1.807) is 12.1 Å². The Morgan fingerprint density at radius 2 is 2.00 bits per heavy atom. The zero-order valence-corrected chi connectivity index (χ0v) is 14.7. The highest BCUT2D eigenvalue weighted by Gasteiger charge is 2.30. The molecular weight excluding hydrogens is 381 g/mol. The molecule has 0 aliphatic carbocycles. The number of aromatic hydroxyl groups is 1. The van der Waals surface area contributed by atoms with Gasteiger partial charge in [0.2, 0.25) is 0 Å². The van der Waals surface area contributed by atoms with Gasteiger partial charge in [-0.05, 0) is 53.7 Å². The number of rotatable bonds is 3. The number of phenolic OH excluding ortho intramolecular Hbond substituents is 1. The van der Waals surface area contributed by atoms with Crippen LogP contribution in [0.15, 0.2) is 52.4 Å². The third-order valence-electron chi connectivity index (χ3n) is 3.56. The molecule has 1 heterocycles. The fraction of sp³-hybridized carbons (Fsp3) is 0.111. The Morgan fingerprint density at radius 3 is 2.67 bits per heavy atom. The highest BCUT2D eigenvalue weighted by Crippen LogP contribution is 2.34. The summed E-state index contributed by atoms with van der Waals surface area (Å²) in [5.74, 6) is -0.207. The van der Waals surface area contributed by atoms with E-state index in [4.69, 9.17) is 4.74 Å². The van der Waals surface area contributed by atoms with Crippen molar-refractivity contribution in [2.45, 2.75) is 6.18 Å².